The Morgan fingerprint density at radius 1 is 1.42 bits per heavy atom. The summed E-state index contributed by atoms with van der Waals surface area (Å²) in [7, 11) is 1.40. The number of carbonyl (C=O) groups is 1. The first-order chi connectivity index (χ1) is 11.5. The average Bonchev–Trinajstić information content (AvgIpc) is 3.02. The van der Waals surface area contributed by atoms with Crippen molar-refractivity contribution in [2.24, 2.45) is 0 Å². The van der Waals surface area contributed by atoms with Crippen LogP contribution in [0.2, 0.25) is 0 Å². The lowest BCUT2D eigenvalue weighted by molar-refractivity contribution is 0.0606. The third-order valence-electron chi connectivity index (χ3n) is 4.33. The normalized spacial score (nSPS) is 16.2. The number of hydrogen-bond donors (Lipinski definition) is 1. The number of aromatic nitrogens is 2. The number of methoxy groups -OCH3 is 1. The molecule has 1 N–H and O–H groups in total. The first-order valence-electron chi connectivity index (χ1n) is 8.01. The molecule has 3 rings (SSSR count). The molecule has 0 spiro atoms. The topological polar surface area (TPSA) is 75.3 Å². The molecule has 1 aliphatic heterocycles. The van der Waals surface area contributed by atoms with E-state index in [1.54, 1.807) is 6.07 Å². The van der Waals surface area contributed by atoms with E-state index in [1.807, 2.05) is 18.4 Å². The average molecular weight is 347 g/mol. The van der Waals surface area contributed by atoms with Crippen molar-refractivity contribution in [2.75, 3.05) is 20.2 Å². The minimum atomic E-state index is -0.277. The molecule has 0 amide bonds. The van der Waals surface area contributed by atoms with E-state index in [0.717, 1.165) is 43.7 Å². The maximum absolute atomic E-state index is 11.6. The Kier molecular flexibility index (Phi) is 5.11. The molecule has 0 aliphatic carbocycles. The number of esters is 1. The van der Waals surface area contributed by atoms with E-state index in [4.69, 9.17) is 4.74 Å². The maximum atomic E-state index is 11.6. The van der Waals surface area contributed by atoms with Crippen LogP contribution in [-0.4, -0.2) is 41.0 Å². The number of likely N-dealkylation sites (tertiary alicyclic amines) is 1. The molecule has 1 aliphatic rings. The third kappa shape index (κ3) is 3.91. The van der Waals surface area contributed by atoms with Gasteiger partial charge in [-0.2, -0.15) is 0 Å². The number of thiophene rings is 1. The van der Waals surface area contributed by atoms with Gasteiger partial charge in [0.15, 0.2) is 0 Å². The van der Waals surface area contributed by atoms with Crippen LogP contribution in [0.4, 0.5) is 0 Å². The Balaban J connectivity index is 1.58. The summed E-state index contributed by atoms with van der Waals surface area (Å²) in [6, 6.07) is 3.53. The first kappa shape index (κ1) is 16.9. The first-order valence-corrected chi connectivity index (χ1v) is 8.89. The van der Waals surface area contributed by atoms with Gasteiger partial charge in [-0.05, 0) is 49.9 Å². The Hall–Kier alpha value is -1.99. The van der Waals surface area contributed by atoms with Crippen LogP contribution in [0.3, 0.4) is 0 Å². The second-order valence-electron chi connectivity index (χ2n) is 6.12. The minimum absolute atomic E-state index is 0.0754. The van der Waals surface area contributed by atoms with Crippen molar-refractivity contribution in [1.29, 1.82) is 0 Å². The Bertz CT molecular complexity index is 775. The van der Waals surface area contributed by atoms with Crippen LogP contribution in [0.5, 0.6) is 0 Å². The minimum Gasteiger partial charge on any atom is -0.465 e. The highest BCUT2D eigenvalue weighted by Gasteiger charge is 2.22. The van der Waals surface area contributed by atoms with Gasteiger partial charge in [-0.1, -0.05) is 0 Å². The van der Waals surface area contributed by atoms with Crippen molar-refractivity contribution >= 4 is 17.3 Å². The fourth-order valence-corrected chi connectivity index (χ4v) is 3.94. The maximum Gasteiger partial charge on any atom is 0.348 e. The number of aromatic amines is 1. The van der Waals surface area contributed by atoms with Crippen LogP contribution in [-0.2, 0) is 11.3 Å². The van der Waals surface area contributed by atoms with Gasteiger partial charge in [0.1, 0.15) is 10.7 Å². The molecule has 6 nitrogen and oxygen atoms in total. The molecule has 0 unspecified atom stereocenters. The fraction of sp³-hybridized carbons (Fsp3) is 0.471. The van der Waals surface area contributed by atoms with Crippen molar-refractivity contribution < 1.29 is 9.53 Å². The fourth-order valence-electron chi connectivity index (χ4n) is 3.12. The van der Waals surface area contributed by atoms with Gasteiger partial charge in [-0.3, -0.25) is 9.69 Å². The third-order valence-corrected chi connectivity index (χ3v) is 5.29. The molecule has 0 saturated carbocycles. The van der Waals surface area contributed by atoms with Crippen LogP contribution in [0.1, 0.15) is 45.5 Å². The summed E-state index contributed by atoms with van der Waals surface area (Å²) in [6.07, 6.45) is 1.98. The number of aryl methyl sites for hydroxylation is 1. The molecule has 0 bridgehead atoms. The Morgan fingerprint density at radius 2 is 2.17 bits per heavy atom. The Morgan fingerprint density at radius 3 is 2.83 bits per heavy atom. The number of piperidine rings is 1. The summed E-state index contributed by atoms with van der Waals surface area (Å²) in [5.74, 6) is 0.740. The van der Waals surface area contributed by atoms with Crippen molar-refractivity contribution in [2.45, 2.75) is 32.2 Å². The van der Waals surface area contributed by atoms with Gasteiger partial charge < -0.3 is 9.72 Å². The lowest BCUT2D eigenvalue weighted by Gasteiger charge is -2.31. The van der Waals surface area contributed by atoms with E-state index in [2.05, 4.69) is 14.9 Å². The zero-order valence-electron chi connectivity index (χ0n) is 13.9. The number of carbonyl (C=O) groups excluding carboxylic acids is 1. The van der Waals surface area contributed by atoms with Crippen LogP contribution in [0.25, 0.3) is 0 Å². The standard InChI is InChI=1S/C17H21N3O3S/c1-11-18-14(8-16(21)19-11)13-3-5-20(6-4-13)9-12-7-15(24-10-12)17(22)23-2/h7-8,10,13H,3-6,9H2,1-2H3,(H,18,19,21). The molecule has 0 radical (unpaired) electrons. The van der Waals surface area contributed by atoms with E-state index in [0.29, 0.717) is 16.6 Å². The predicted molar refractivity (Wildman–Crippen MR) is 92.5 cm³/mol. The van der Waals surface area contributed by atoms with Crippen molar-refractivity contribution in [1.82, 2.24) is 14.9 Å². The molecule has 1 saturated heterocycles. The number of rotatable bonds is 4. The molecule has 24 heavy (non-hydrogen) atoms. The molecule has 2 aromatic heterocycles. The van der Waals surface area contributed by atoms with Crippen LogP contribution in [0, 0.1) is 6.92 Å². The van der Waals surface area contributed by atoms with Gasteiger partial charge in [0.25, 0.3) is 5.56 Å². The molecule has 2 aromatic rings. The van der Waals surface area contributed by atoms with Gasteiger partial charge in [0, 0.05) is 18.5 Å². The molecule has 128 valence electrons. The number of H-pyrrole nitrogens is 1. The van der Waals surface area contributed by atoms with Gasteiger partial charge in [-0.15, -0.1) is 11.3 Å². The van der Waals surface area contributed by atoms with E-state index in [-0.39, 0.29) is 11.5 Å². The lowest BCUT2D eigenvalue weighted by atomic mass is 9.93. The van der Waals surface area contributed by atoms with Gasteiger partial charge in [0.05, 0.1) is 12.8 Å². The highest BCUT2D eigenvalue weighted by atomic mass is 32.1. The number of hydrogen-bond acceptors (Lipinski definition) is 6. The molecular weight excluding hydrogens is 326 g/mol. The SMILES string of the molecule is COC(=O)c1cc(CN2CCC(c3cc(=O)[nH]c(C)n3)CC2)cs1. The van der Waals surface area contributed by atoms with E-state index in [1.165, 1.54) is 18.4 Å². The molecule has 0 aromatic carbocycles. The second-order valence-corrected chi connectivity index (χ2v) is 7.03. The molecular formula is C17H21N3O3S. The molecule has 0 atom stereocenters. The highest BCUT2D eigenvalue weighted by Crippen LogP contribution is 2.27. The van der Waals surface area contributed by atoms with Crippen molar-refractivity contribution in [3.05, 3.63) is 49.8 Å². The van der Waals surface area contributed by atoms with Gasteiger partial charge in [0.2, 0.25) is 0 Å². The van der Waals surface area contributed by atoms with Gasteiger partial charge >= 0.3 is 5.97 Å². The summed E-state index contributed by atoms with van der Waals surface area (Å²) in [5.41, 5.74) is 1.97. The zero-order chi connectivity index (χ0) is 17.1. The van der Waals surface area contributed by atoms with Crippen LogP contribution < -0.4 is 5.56 Å². The number of nitrogens with one attached hydrogen (secondary N) is 1. The summed E-state index contributed by atoms with van der Waals surface area (Å²) in [4.78, 5) is 33.3. The molecule has 7 heteroatoms. The highest BCUT2D eigenvalue weighted by molar-refractivity contribution is 7.12. The molecule has 1 fully saturated rings. The van der Waals surface area contributed by atoms with Crippen molar-refractivity contribution in [3.63, 3.8) is 0 Å². The number of nitrogens with zero attached hydrogens (tertiary/aromatic N) is 2. The smallest absolute Gasteiger partial charge is 0.348 e. The summed E-state index contributed by atoms with van der Waals surface area (Å²) < 4.78 is 4.74. The second kappa shape index (κ2) is 7.27. The van der Waals surface area contributed by atoms with Crippen molar-refractivity contribution in [3.8, 4) is 0 Å². The largest absolute Gasteiger partial charge is 0.465 e. The zero-order valence-corrected chi connectivity index (χ0v) is 14.7. The summed E-state index contributed by atoms with van der Waals surface area (Å²) >= 11 is 1.42. The van der Waals surface area contributed by atoms with E-state index >= 15 is 0 Å². The van der Waals surface area contributed by atoms with E-state index < -0.39 is 0 Å². The van der Waals surface area contributed by atoms with Crippen LogP contribution in [0.15, 0.2) is 22.3 Å². The number of ether oxygens (including phenoxy) is 1. The molecule has 3 heterocycles. The van der Waals surface area contributed by atoms with E-state index in [9.17, 15) is 9.59 Å². The monoisotopic (exact) mass is 347 g/mol. The Labute approximate surface area is 144 Å². The lowest BCUT2D eigenvalue weighted by Crippen LogP contribution is -2.33. The summed E-state index contributed by atoms with van der Waals surface area (Å²) in [5, 5.41) is 2.01. The predicted octanol–water partition coefficient (Wildman–Crippen LogP) is 2.31. The summed E-state index contributed by atoms with van der Waals surface area (Å²) in [6.45, 7) is 4.57. The van der Waals surface area contributed by atoms with Gasteiger partial charge in [-0.25, -0.2) is 9.78 Å². The van der Waals surface area contributed by atoms with Crippen LogP contribution >= 0.6 is 11.3 Å². The quantitative estimate of drug-likeness (QED) is 0.859.